The normalized spacial score (nSPS) is 24.1. The van der Waals surface area contributed by atoms with Crippen molar-refractivity contribution in [1.29, 1.82) is 0 Å². The molecule has 2 saturated heterocycles. The maximum Gasteiger partial charge on any atom is 0.342 e. The van der Waals surface area contributed by atoms with Crippen molar-refractivity contribution in [1.82, 2.24) is 0 Å². The Bertz CT molecular complexity index is 1750. The van der Waals surface area contributed by atoms with Crippen molar-refractivity contribution >= 4 is 15.2 Å². The second-order valence-corrected chi connectivity index (χ2v) is 24.2. The Labute approximate surface area is 330 Å². The monoisotopic (exact) mass is 784 g/mol. The molecule has 0 aromatic heterocycles. The highest BCUT2D eigenvalue weighted by atomic mass is 31.2. The molecule has 6 nitrogen and oxygen atoms in total. The lowest BCUT2D eigenvalue weighted by atomic mass is 9.85. The van der Waals surface area contributed by atoms with Gasteiger partial charge in [0, 0.05) is 0 Å². The van der Waals surface area contributed by atoms with Gasteiger partial charge in [0.25, 0.3) is 0 Å². The van der Waals surface area contributed by atoms with Crippen molar-refractivity contribution in [3.8, 4) is 0 Å². The first-order valence-electron chi connectivity index (χ1n) is 19.6. The van der Waals surface area contributed by atoms with Gasteiger partial charge in [-0.3, -0.25) is 9.13 Å². The van der Waals surface area contributed by atoms with Crippen LogP contribution in [0.1, 0.15) is 139 Å². The number of hydrogen-bond acceptors (Lipinski definition) is 6. The molecule has 6 rings (SSSR count). The fourth-order valence-electron chi connectivity index (χ4n) is 7.31. The van der Waals surface area contributed by atoms with Gasteiger partial charge in [0.2, 0.25) is 0 Å². The van der Waals surface area contributed by atoms with E-state index in [0.717, 1.165) is 22.3 Å². The van der Waals surface area contributed by atoms with Gasteiger partial charge < -0.3 is 18.1 Å². The highest BCUT2D eigenvalue weighted by Crippen LogP contribution is 2.70. The van der Waals surface area contributed by atoms with Crippen LogP contribution in [-0.4, -0.2) is 26.4 Å². The smallest absolute Gasteiger partial charge is 0.307 e. The van der Waals surface area contributed by atoms with Crippen molar-refractivity contribution in [2.75, 3.05) is 26.4 Å². The molecule has 55 heavy (non-hydrogen) atoms. The van der Waals surface area contributed by atoms with Crippen molar-refractivity contribution in [3.63, 3.8) is 0 Å². The number of rotatable bonds is 6. The molecule has 0 saturated carbocycles. The molecule has 0 atom stereocenters. The summed E-state index contributed by atoms with van der Waals surface area (Å²) in [5, 5.41) is 0. The summed E-state index contributed by atoms with van der Waals surface area (Å²) in [5.74, 6) is 0. The molecule has 0 amide bonds. The molecule has 0 radical (unpaired) electrons. The predicted molar refractivity (Wildman–Crippen MR) is 226 cm³/mol. The van der Waals surface area contributed by atoms with E-state index in [4.69, 9.17) is 18.1 Å². The molecule has 2 aliphatic heterocycles. The van der Waals surface area contributed by atoms with E-state index in [1.165, 1.54) is 22.3 Å². The summed E-state index contributed by atoms with van der Waals surface area (Å²) in [6.07, 6.45) is 0. The van der Waals surface area contributed by atoms with E-state index in [1.54, 1.807) is 0 Å². The average Bonchev–Trinajstić information content (AvgIpc) is 3.11. The molecule has 0 unspecified atom stereocenters. The first-order valence-corrected chi connectivity index (χ1v) is 22.8. The van der Waals surface area contributed by atoms with E-state index < -0.39 is 31.9 Å². The SMILES string of the molecule is CC(C)(C)c1ccc(C(c2ccc(C(C)(C)C)cc2)P2(=O)OCC3(CO2)COP(=O)(C(c2ccc(C(C)(C)C)cc2)c2ccc(C(C)(C)C)cc2)OC3)cc1. The summed E-state index contributed by atoms with van der Waals surface area (Å²) < 4.78 is 55.5. The zero-order valence-corrected chi connectivity index (χ0v) is 36.9. The Morgan fingerprint density at radius 1 is 0.382 bits per heavy atom. The molecule has 8 heteroatoms. The third kappa shape index (κ3) is 9.02. The molecule has 0 bridgehead atoms. The maximum absolute atomic E-state index is 14.9. The van der Waals surface area contributed by atoms with E-state index in [2.05, 4.69) is 132 Å². The van der Waals surface area contributed by atoms with E-state index >= 15 is 0 Å². The van der Waals surface area contributed by atoms with Gasteiger partial charge in [-0.1, -0.05) is 180 Å². The molecule has 2 aliphatic rings. The minimum atomic E-state index is -3.74. The van der Waals surface area contributed by atoms with Crippen LogP contribution in [0.3, 0.4) is 0 Å². The lowest BCUT2D eigenvalue weighted by Gasteiger charge is -2.45. The molecular weight excluding hydrogens is 722 g/mol. The van der Waals surface area contributed by atoms with Crippen molar-refractivity contribution < 1.29 is 27.2 Å². The fourth-order valence-corrected chi connectivity index (χ4v) is 12.0. The summed E-state index contributed by atoms with van der Waals surface area (Å²) in [7, 11) is -7.47. The predicted octanol–water partition coefficient (Wildman–Crippen LogP) is 13.2. The Balaban J connectivity index is 1.27. The zero-order valence-electron chi connectivity index (χ0n) is 35.1. The van der Waals surface area contributed by atoms with Gasteiger partial charge in [-0.2, -0.15) is 0 Å². The fraction of sp³-hybridized carbons (Fsp3) is 0.489. The number of benzene rings is 4. The van der Waals surface area contributed by atoms with Gasteiger partial charge >= 0.3 is 15.2 Å². The Morgan fingerprint density at radius 3 is 0.727 bits per heavy atom. The summed E-state index contributed by atoms with van der Waals surface area (Å²) in [5.41, 5.74) is 6.12. The Kier molecular flexibility index (Phi) is 11.3. The summed E-state index contributed by atoms with van der Waals surface area (Å²) >= 11 is 0. The lowest BCUT2D eigenvalue weighted by molar-refractivity contribution is -0.0703. The molecule has 0 aliphatic carbocycles. The molecule has 2 heterocycles. The zero-order chi connectivity index (χ0) is 40.2. The summed E-state index contributed by atoms with van der Waals surface area (Å²) in [6, 6.07) is 33.2. The van der Waals surface area contributed by atoms with Crippen molar-refractivity contribution in [2.45, 2.75) is 116 Å². The Morgan fingerprint density at radius 2 is 0.564 bits per heavy atom. The lowest BCUT2D eigenvalue weighted by Crippen LogP contribution is -2.46. The second-order valence-electron chi connectivity index (χ2n) is 20.0. The molecule has 4 aromatic rings. The van der Waals surface area contributed by atoms with Gasteiger partial charge in [-0.15, -0.1) is 0 Å². The minimum absolute atomic E-state index is 0.0257. The van der Waals surface area contributed by atoms with Crippen LogP contribution in [0.2, 0.25) is 0 Å². The third-order valence-corrected chi connectivity index (χ3v) is 15.6. The third-order valence-electron chi connectivity index (χ3n) is 11.2. The van der Waals surface area contributed by atoms with E-state index in [-0.39, 0.29) is 48.1 Å². The Hall–Kier alpha value is -2.82. The van der Waals surface area contributed by atoms with Gasteiger partial charge in [-0.25, -0.2) is 0 Å². The maximum atomic E-state index is 14.9. The van der Waals surface area contributed by atoms with Crippen LogP contribution < -0.4 is 0 Å². The van der Waals surface area contributed by atoms with E-state index in [0.29, 0.717) is 0 Å². The first kappa shape index (κ1) is 41.8. The van der Waals surface area contributed by atoms with E-state index in [1.807, 2.05) is 48.5 Å². The average molecular weight is 785 g/mol. The molecule has 296 valence electrons. The molecule has 4 aromatic carbocycles. The van der Waals surface area contributed by atoms with Crippen LogP contribution in [0.15, 0.2) is 97.1 Å². The quantitative estimate of drug-likeness (QED) is 0.181. The van der Waals surface area contributed by atoms with Crippen molar-refractivity contribution in [2.24, 2.45) is 5.41 Å². The topological polar surface area (TPSA) is 71.1 Å². The van der Waals surface area contributed by atoms with Crippen LogP contribution in [-0.2, 0) is 48.9 Å². The highest BCUT2D eigenvalue weighted by molar-refractivity contribution is 7.55. The van der Waals surface area contributed by atoms with Gasteiger partial charge in [0.05, 0.1) is 31.8 Å². The standard InChI is InChI=1S/C47H62O6P2/c1-43(2,3)37-21-13-33(14-22-37)41(34-15-23-38(24-16-34)44(4,5)6)54(48)50-29-47(30-51-54)31-52-55(49,53-32-47)42(35-17-25-39(26-18-35)45(7,8)9)36-19-27-40(28-20-36)46(10,11)12/h13-28,41-42H,29-32H2,1-12H3. The highest BCUT2D eigenvalue weighted by Gasteiger charge is 2.53. The summed E-state index contributed by atoms with van der Waals surface area (Å²) in [6.45, 7) is 26.5. The van der Waals surface area contributed by atoms with Crippen LogP contribution in [0.5, 0.6) is 0 Å². The first-order chi connectivity index (χ1) is 25.4. The molecular formula is C47H62O6P2. The molecule has 1 spiro atoms. The van der Waals surface area contributed by atoms with Gasteiger partial charge in [-0.05, 0) is 66.2 Å². The minimum Gasteiger partial charge on any atom is -0.307 e. The second kappa shape index (κ2) is 14.8. The largest absolute Gasteiger partial charge is 0.342 e. The molecule has 0 N–H and O–H groups in total. The summed E-state index contributed by atoms with van der Waals surface area (Å²) in [4.78, 5) is 0. The van der Waals surface area contributed by atoms with Crippen molar-refractivity contribution in [3.05, 3.63) is 142 Å². The van der Waals surface area contributed by atoms with Crippen LogP contribution >= 0.6 is 15.2 Å². The van der Waals surface area contributed by atoms with Crippen LogP contribution in [0, 0.1) is 5.41 Å². The molecule has 2 fully saturated rings. The van der Waals surface area contributed by atoms with Gasteiger partial charge in [0.15, 0.2) is 0 Å². The van der Waals surface area contributed by atoms with Crippen LogP contribution in [0.25, 0.3) is 0 Å². The van der Waals surface area contributed by atoms with Gasteiger partial charge in [0.1, 0.15) is 11.3 Å². The number of hydrogen-bond donors (Lipinski definition) is 0. The van der Waals surface area contributed by atoms with Crippen LogP contribution in [0.4, 0.5) is 0 Å². The van der Waals surface area contributed by atoms with E-state index in [9.17, 15) is 9.13 Å².